The van der Waals surface area contributed by atoms with Crippen LogP contribution in [0.1, 0.15) is 12.8 Å². The van der Waals surface area contributed by atoms with Gasteiger partial charge in [-0.25, -0.2) is 14.6 Å². The zero-order chi connectivity index (χ0) is 16.1. The van der Waals surface area contributed by atoms with Crippen LogP contribution in [0, 0.1) is 5.92 Å². The molecule has 1 aliphatic heterocycles. The number of fused-ring (bicyclic) bond motifs is 1. The fourth-order valence-corrected chi connectivity index (χ4v) is 2.79. The molecule has 3 rings (SSSR count). The third kappa shape index (κ3) is 3.67. The third-order valence-electron chi connectivity index (χ3n) is 3.90. The summed E-state index contributed by atoms with van der Waals surface area (Å²) < 4.78 is 15.1. The lowest BCUT2D eigenvalue weighted by molar-refractivity contribution is 0.161. The van der Waals surface area contributed by atoms with Crippen molar-refractivity contribution in [2.24, 2.45) is 5.92 Å². The van der Waals surface area contributed by atoms with E-state index in [1.165, 1.54) is 0 Å². The van der Waals surface area contributed by atoms with Crippen molar-refractivity contribution in [2.75, 3.05) is 57.3 Å². The number of nitrogens with one attached hydrogen (secondary N) is 1. The smallest absolute Gasteiger partial charge is 0.245 e. The van der Waals surface area contributed by atoms with Crippen LogP contribution in [0.3, 0.4) is 0 Å². The number of aromatic nitrogens is 4. The van der Waals surface area contributed by atoms with E-state index in [2.05, 4.69) is 30.5 Å². The number of hydrogen-bond acceptors (Lipinski definition) is 9. The summed E-state index contributed by atoms with van der Waals surface area (Å²) in [5, 5.41) is 10.9. The molecule has 1 aliphatic rings. The molecule has 1 saturated heterocycles. The Balaban J connectivity index is 1.78. The Labute approximate surface area is 134 Å². The third-order valence-corrected chi connectivity index (χ3v) is 3.90. The van der Waals surface area contributed by atoms with Crippen LogP contribution in [-0.4, -0.2) is 67.3 Å². The van der Waals surface area contributed by atoms with Crippen molar-refractivity contribution in [3.8, 4) is 0 Å². The van der Waals surface area contributed by atoms with E-state index in [1.54, 1.807) is 14.2 Å². The van der Waals surface area contributed by atoms with Gasteiger partial charge in [0.1, 0.15) is 0 Å². The van der Waals surface area contributed by atoms with Gasteiger partial charge in [0.05, 0.1) is 6.61 Å². The average Bonchev–Trinajstić information content (AvgIpc) is 3.19. The molecule has 9 nitrogen and oxygen atoms in total. The first-order valence-electron chi connectivity index (χ1n) is 7.78. The minimum absolute atomic E-state index is 0.413. The number of methoxy groups -OCH3 is 2. The molecule has 1 atom stereocenters. The summed E-state index contributed by atoms with van der Waals surface area (Å²) >= 11 is 0. The monoisotopic (exact) mass is 322 g/mol. The van der Waals surface area contributed by atoms with Crippen molar-refractivity contribution in [2.45, 2.75) is 12.8 Å². The first-order chi connectivity index (χ1) is 11.3. The lowest BCUT2D eigenvalue weighted by Crippen LogP contribution is -2.24. The zero-order valence-corrected chi connectivity index (χ0v) is 13.5. The Kier molecular flexibility index (Phi) is 5.19. The Morgan fingerprint density at radius 2 is 2.04 bits per heavy atom. The fourth-order valence-electron chi connectivity index (χ4n) is 2.79. The summed E-state index contributed by atoms with van der Waals surface area (Å²) in [4.78, 5) is 11.3. The van der Waals surface area contributed by atoms with Crippen LogP contribution in [0.25, 0.3) is 11.3 Å². The van der Waals surface area contributed by atoms with Gasteiger partial charge < -0.3 is 19.7 Å². The maximum absolute atomic E-state index is 5.26. The molecule has 126 valence electrons. The quantitative estimate of drug-likeness (QED) is 0.712. The standard InChI is InChI=1S/C14H22N6O3/c1-21-7-3-5-15-13-14(17-12-11(16-13)18-23-19-12)20-6-4-10(8-20)9-22-2/h10H,3-9H2,1-2H3,(H,15,16,18). The van der Waals surface area contributed by atoms with E-state index in [9.17, 15) is 0 Å². The molecule has 0 amide bonds. The van der Waals surface area contributed by atoms with Gasteiger partial charge in [0, 0.05) is 46.4 Å². The molecule has 23 heavy (non-hydrogen) atoms. The van der Waals surface area contributed by atoms with Crippen LogP contribution >= 0.6 is 0 Å². The molecule has 2 aromatic heterocycles. The Hall–Kier alpha value is -2.00. The van der Waals surface area contributed by atoms with Gasteiger partial charge >= 0.3 is 0 Å². The second-order valence-electron chi connectivity index (χ2n) is 5.64. The highest BCUT2D eigenvalue weighted by atomic mass is 16.6. The predicted octanol–water partition coefficient (Wildman–Crippen LogP) is 0.934. The molecule has 0 saturated carbocycles. The Morgan fingerprint density at radius 1 is 1.22 bits per heavy atom. The summed E-state index contributed by atoms with van der Waals surface area (Å²) in [6.45, 7) is 4.03. The first-order valence-corrected chi connectivity index (χ1v) is 7.78. The van der Waals surface area contributed by atoms with Crippen molar-refractivity contribution in [1.29, 1.82) is 0 Å². The second-order valence-corrected chi connectivity index (χ2v) is 5.64. The van der Waals surface area contributed by atoms with Gasteiger partial charge in [0.25, 0.3) is 0 Å². The van der Waals surface area contributed by atoms with Crippen LogP contribution in [0.2, 0.25) is 0 Å². The van der Waals surface area contributed by atoms with Crippen LogP contribution in [0.5, 0.6) is 0 Å². The van der Waals surface area contributed by atoms with E-state index in [1.807, 2.05) is 0 Å². The minimum atomic E-state index is 0.413. The van der Waals surface area contributed by atoms with E-state index in [0.29, 0.717) is 29.6 Å². The molecule has 0 bridgehead atoms. The first kappa shape index (κ1) is 15.9. The maximum atomic E-state index is 5.26. The molecule has 3 heterocycles. The highest BCUT2D eigenvalue weighted by Crippen LogP contribution is 2.29. The van der Waals surface area contributed by atoms with Gasteiger partial charge in [-0.1, -0.05) is 0 Å². The molecular formula is C14H22N6O3. The summed E-state index contributed by atoms with van der Waals surface area (Å²) in [7, 11) is 3.43. The summed E-state index contributed by atoms with van der Waals surface area (Å²) in [6.07, 6.45) is 1.97. The van der Waals surface area contributed by atoms with Crippen molar-refractivity contribution >= 4 is 22.9 Å². The molecule has 0 aromatic carbocycles. The van der Waals surface area contributed by atoms with Crippen LogP contribution in [0.15, 0.2) is 4.63 Å². The van der Waals surface area contributed by atoms with E-state index in [0.717, 1.165) is 44.9 Å². The lowest BCUT2D eigenvalue weighted by Gasteiger charge is -2.20. The highest BCUT2D eigenvalue weighted by Gasteiger charge is 2.26. The zero-order valence-electron chi connectivity index (χ0n) is 13.5. The largest absolute Gasteiger partial charge is 0.385 e. The van der Waals surface area contributed by atoms with E-state index >= 15 is 0 Å². The van der Waals surface area contributed by atoms with Gasteiger partial charge in [-0.05, 0) is 23.2 Å². The molecule has 1 N–H and O–H groups in total. The van der Waals surface area contributed by atoms with Crippen LogP contribution in [0.4, 0.5) is 11.6 Å². The summed E-state index contributed by atoms with van der Waals surface area (Å²) in [5.74, 6) is 2.01. The van der Waals surface area contributed by atoms with E-state index in [4.69, 9.17) is 14.1 Å². The number of anilines is 2. The van der Waals surface area contributed by atoms with Gasteiger partial charge in [0.15, 0.2) is 11.6 Å². The number of rotatable bonds is 8. The fraction of sp³-hybridized carbons (Fsp3) is 0.714. The van der Waals surface area contributed by atoms with Gasteiger partial charge in [-0.15, -0.1) is 0 Å². The van der Waals surface area contributed by atoms with Crippen molar-refractivity contribution < 1.29 is 14.1 Å². The number of ether oxygens (including phenoxy) is 2. The maximum Gasteiger partial charge on any atom is 0.245 e. The van der Waals surface area contributed by atoms with Crippen LogP contribution in [-0.2, 0) is 9.47 Å². The molecule has 2 aromatic rings. The topological polar surface area (TPSA) is 98.4 Å². The van der Waals surface area contributed by atoms with E-state index < -0.39 is 0 Å². The molecular weight excluding hydrogens is 300 g/mol. The van der Waals surface area contributed by atoms with Crippen molar-refractivity contribution in [3.05, 3.63) is 0 Å². The Bertz CT molecular complexity index is 634. The van der Waals surface area contributed by atoms with Gasteiger partial charge in [0.2, 0.25) is 11.3 Å². The summed E-state index contributed by atoms with van der Waals surface area (Å²) in [5.41, 5.74) is 0.841. The van der Waals surface area contributed by atoms with E-state index in [-0.39, 0.29) is 0 Å². The van der Waals surface area contributed by atoms with Crippen molar-refractivity contribution in [1.82, 2.24) is 20.3 Å². The Morgan fingerprint density at radius 3 is 2.83 bits per heavy atom. The normalized spacial score (nSPS) is 18.0. The SMILES string of the molecule is COCCCNc1nc2nonc2nc1N1CCC(COC)C1. The molecule has 0 spiro atoms. The van der Waals surface area contributed by atoms with Gasteiger partial charge in [-0.2, -0.15) is 0 Å². The summed E-state index contributed by atoms with van der Waals surface area (Å²) in [6, 6.07) is 0. The predicted molar refractivity (Wildman–Crippen MR) is 84.6 cm³/mol. The molecule has 9 heteroatoms. The highest BCUT2D eigenvalue weighted by molar-refractivity contribution is 5.74. The van der Waals surface area contributed by atoms with Crippen molar-refractivity contribution in [3.63, 3.8) is 0 Å². The minimum Gasteiger partial charge on any atom is -0.385 e. The second kappa shape index (κ2) is 7.51. The average molecular weight is 322 g/mol. The number of nitrogens with zero attached hydrogens (tertiary/aromatic N) is 5. The molecule has 1 fully saturated rings. The molecule has 1 unspecified atom stereocenters. The molecule has 0 radical (unpaired) electrons. The number of hydrogen-bond donors (Lipinski definition) is 1. The lowest BCUT2D eigenvalue weighted by atomic mass is 10.1. The van der Waals surface area contributed by atoms with Gasteiger partial charge in [-0.3, -0.25) is 0 Å². The molecule has 0 aliphatic carbocycles. The van der Waals surface area contributed by atoms with Crippen LogP contribution < -0.4 is 10.2 Å².